The van der Waals surface area contributed by atoms with Crippen LogP contribution in [0.25, 0.3) is 0 Å². The zero-order valence-corrected chi connectivity index (χ0v) is 10.5. The predicted molar refractivity (Wildman–Crippen MR) is 67.8 cm³/mol. The number of rotatable bonds is 3. The van der Waals surface area contributed by atoms with E-state index < -0.39 is 12.2 Å². The van der Waals surface area contributed by atoms with Gasteiger partial charge in [-0.15, -0.1) is 12.4 Å². The van der Waals surface area contributed by atoms with E-state index in [0.29, 0.717) is 13.0 Å². The van der Waals surface area contributed by atoms with E-state index in [1.165, 1.54) is 0 Å². The summed E-state index contributed by atoms with van der Waals surface area (Å²) in [5, 5.41) is 22.2. The molecule has 1 aromatic rings. The Morgan fingerprint density at radius 1 is 1.29 bits per heavy atom. The van der Waals surface area contributed by atoms with E-state index in [4.69, 9.17) is 4.74 Å². The van der Waals surface area contributed by atoms with Gasteiger partial charge >= 0.3 is 0 Å². The first-order valence-electron chi connectivity index (χ1n) is 5.43. The van der Waals surface area contributed by atoms with Gasteiger partial charge in [0, 0.05) is 12.6 Å². The zero-order chi connectivity index (χ0) is 11.5. The van der Waals surface area contributed by atoms with Crippen LogP contribution in [-0.4, -0.2) is 42.1 Å². The van der Waals surface area contributed by atoms with Crippen molar-refractivity contribution in [3.63, 3.8) is 0 Å². The Hall–Kier alpha value is -0.810. The van der Waals surface area contributed by atoms with Gasteiger partial charge in [0.05, 0.1) is 19.3 Å². The van der Waals surface area contributed by atoms with Crippen LogP contribution >= 0.6 is 12.4 Å². The Balaban J connectivity index is 0.00000144. The molecule has 17 heavy (non-hydrogen) atoms. The molecule has 1 heterocycles. The number of β-amino-alcohol motifs (C(OH)–C–C–N with tert-alkyl or cyclic N) is 1. The van der Waals surface area contributed by atoms with E-state index in [0.717, 1.165) is 11.3 Å². The van der Waals surface area contributed by atoms with Crippen LogP contribution in [0.5, 0.6) is 5.75 Å². The Labute approximate surface area is 107 Å². The Kier molecular flexibility index (Phi) is 5.21. The SMILES string of the molecule is COc1ccc(C[C@H]2NC[C@H](O)[C@H]2O)cc1.Cl. The highest BCUT2D eigenvalue weighted by atomic mass is 35.5. The Morgan fingerprint density at radius 2 is 1.94 bits per heavy atom. The maximum atomic E-state index is 9.68. The summed E-state index contributed by atoms with van der Waals surface area (Å²) in [7, 11) is 1.63. The van der Waals surface area contributed by atoms with Gasteiger partial charge in [0.15, 0.2) is 0 Å². The van der Waals surface area contributed by atoms with Crippen molar-refractivity contribution < 1.29 is 14.9 Å². The van der Waals surface area contributed by atoms with Gasteiger partial charge in [-0.3, -0.25) is 0 Å². The summed E-state index contributed by atoms with van der Waals surface area (Å²) in [4.78, 5) is 0. The van der Waals surface area contributed by atoms with Gasteiger partial charge in [0.1, 0.15) is 5.75 Å². The number of aliphatic hydroxyl groups excluding tert-OH is 2. The van der Waals surface area contributed by atoms with Gasteiger partial charge in [0.25, 0.3) is 0 Å². The normalized spacial score (nSPS) is 27.6. The number of ether oxygens (including phenoxy) is 1. The van der Waals surface area contributed by atoms with Crippen LogP contribution in [0.15, 0.2) is 24.3 Å². The van der Waals surface area contributed by atoms with Crippen LogP contribution in [0.2, 0.25) is 0 Å². The van der Waals surface area contributed by atoms with Crippen molar-refractivity contribution >= 4 is 12.4 Å². The molecule has 1 aromatic carbocycles. The molecule has 1 fully saturated rings. The summed E-state index contributed by atoms with van der Waals surface area (Å²) < 4.78 is 5.07. The minimum atomic E-state index is -0.679. The van der Waals surface area contributed by atoms with Gasteiger partial charge in [-0.1, -0.05) is 12.1 Å². The number of hydrogen-bond donors (Lipinski definition) is 3. The van der Waals surface area contributed by atoms with Gasteiger partial charge in [-0.2, -0.15) is 0 Å². The van der Waals surface area contributed by atoms with Crippen molar-refractivity contribution in [1.29, 1.82) is 0 Å². The second kappa shape index (κ2) is 6.21. The average molecular weight is 260 g/mol. The summed E-state index contributed by atoms with van der Waals surface area (Å²) in [5.74, 6) is 0.823. The van der Waals surface area contributed by atoms with E-state index in [-0.39, 0.29) is 18.4 Å². The second-order valence-corrected chi connectivity index (χ2v) is 4.12. The van der Waals surface area contributed by atoms with E-state index in [2.05, 4.69) is 5.32 Å². The third kappa shape index (κ3) is 3.33. The molecule has 0 bridgehead atoms. The van der Waals surface area contributed by atoms with Crippen LogP contribution in [0.3, 0.4) is 0 Å². The van der Waals surface area contributed by atoms with Crippen LogP contribution in [0, 0.1) is 0 Å². The minimum absolute atomic E-state index is 0. The largest absolute Gasteiger partial charge is 0.497 e. The third-order valence-corrected chi connectivity index (χ3v) is 3.01. The van der Waals surface area contributed by atoms with Gasteiger partial charge < -0.3 is 20.3 Å². The molecular weight excluding hydrogens is 242 g/mol. The molecule has 0 aromatic heterocycles. The van der Waals surface area contributed by atoms with Crippen molar-refractivity contribution in [1.82, 2.24) is 5.32 Å². The first-order chi connectivity index (χ1) is 7.70. The Bertz CT molecular complexity index is 344. The molecule has 1 saturated heterocycles. The van der Waals surface area contributed by atoms with E-state index >= 15 is 0 Å². The molecule has 5 heteroatoms. The summed E-state index contributed by atoms with van der Waals surface area (Å²) >= 11 is 0. The molecule has 0 saturated carbocycles. The first-order valence-corrected chi connectivity index (χ1v) is 5.43. The fourth-order valence-corrected chi connectivity index (χ4v) is 1.99. The third-order valence-electron chi connectivity index (χ3n) is 3.01. The van der Waals surface area contributed by atoms with Crippen molar-refractivity contribution in [2.75, 3.05) is 13.7 Å². The van der Waals surface area contributed by atoms with Crippen molar-refractivity contribution in [2.24, 2.45) is 0 Å². The van der Waals surface area contributed by atoms with Crippen molar-refractivity contribution in [2.45, 2.75) is 24.7 Å². The lowest BCUT2D eigenvalue weighted by atomic mass is 10.0. The van der Waals surface area contributed by atoms with Crippen molar-refractivity contribution in [3.05, 3.63) is 29.8 Å². The monoisotopic (exact) mass is 259 g/mol. The number of nitrogens with one attached hydrogen (secondary N) is 1. The summed E-state index contributed by atoms with van der Waals surface area (Å²) in [6.07, 6.45) is -0.618. The molecule has 0 radical (unpaired) electrons. The molecule has 0 aliphatic carbocycles. The predicted octanol–water partition coefficient (Wildman–Crippen LogP) is 0.353. The molecular formula is C12H18ClNO3. The highest BCUT2D eigenvalue weighted by Gasteiger charge is 2.32. The van der Waals surface area contributed by atoms with Crippen LogP contribution in [-0.2, 0) is 6.42 Å². The molecule has 1 aliphatic heterocycles. The van der Waals surface area contributed by atoms with E-state index in [1.54, 1.807) is 7.11 Å². The van der Waals surface area contributed by atoms with Crippen LogP contribution < -0.4 is 10.1 Å². The quantitative estimate of drug-likeness (QED) is 0.733. The molecule has 0 unspecified atom stereocenters. The molecule has 1 aliphatic rings. The number of halogens is 1. The maximum absolute atomic E-state index is 9.68. The lowest BCUT2D eigenvalue weighted by Crippen LogP contribution is -2.34. The number of aliphatic hydroxyl groups is 2. The molecule has 3 N–H and O–H groups in total. The molecule has 3 atom stereocenters. The number of methoxy groups -OCH3 is 1. The standard InChI is InChI=1S/C12H17NO3.ClH/c1-16-9-4-2-8(3-5-9)6-10-12(15)11(14)7-13-10;/h2-5,10-15H,6-7H2,1H3;1H/t10-,11+,12+;/m1./s1. The van der Waals surface area contributed by atoms with Crippen LogP contribution in [0.4, 0.5) is 0 Å². The topological polar surface area (TPSA) is 61.7 Å². The van der Waals surface area contributed by atoms with Gasteiger partial charge in [0.2, 0.25) is 0 Å². The Morgan fingerprint density at radius 3 is 2.41 bits per heavy atom. The highest BCUT2D eigenvalue weighted by molar-refractivity contribution is 5.85. The van der Waals surface area contributed by atoms with Crippen molar-refractivity contribution in [3.8, 4) is 5.75 Å². The van der Waals surface area contributed by atoms with Gasteiger partial charge in [-0.05, 0) is 24.1 Å². The second-order valence-electron chi connectivity index (χ2n) is 4.12. The number of benzene rings is 1. The number of hydrogen-bond acceptors (Lipinski definition) is 4. The maximum Gasteiger partial charge on any atom is 0.118 e. The average Bonchev–Trinajstić information content (AvgIpc) is 2.62. The van der Waals surface area contributed by atoms with E-state index in [1.807, 2.05) is 24.3 Å². The molecule has 4 nitrogen and oxygen atoms in total. The summed E-state index contributed by atoms with van der Waals surface area (Å²) in [6.45, 7) is 0.460. The fraction of sp³-hybridized carbons (Fsp3) is 0.500. The highest BCUT2D eigenvalue weighted by Crippen LogP contribution is 2.16. The molecule has 96 valence electrons. The smallest absolute Gasteiger partial charge is 0.118 e. The summed E-state index contributed by atoms with van der Waals surface area (Å²) in [6, 6.07) is 7.67. The molecule has 2 rings (SSSR count). The van der Waals surface area contributed by atoms with Crippen LogP contribution in [0.1, 0.15) is 5.56 Å². The zero-order valence-electron chi connectivity index (χ0n) is 9.67. The lowest BCUT2D eigenvalue weighted by Gasteiger charge is -2.16. The summed E-state index contributed by atoms with van der Waals surface area (Å²) in [5.41, 5.74) is 1.12. The first kappa shape index (κ1) is 14.3. The minimum Gasteiger partial charge on any atom is -0.497 e. The fourth-order valence-electron chi connectivity index (χ4n) is 1.99. The molecule has 0 spiro atoms. The van der Waals surface area contributed by atoms with E-state index in [9.17, 15) is 10.2 Å². The van der Waals surface area contributed by atoms with Gasteiger partial charge in [-0.25, -0.2) is 0 Å². The molecule has 0 amide bonds. The lowest BCUT2D eigenvalue weighted by molar-refractivity contribution is 0.0408.